The number of hydrogen-bond acceptors (Lipinski definition) is 5. The van der Waals surface area contributed by atoms with Crippen LogP contribution in [0.4, 0.5) is 5.69 Å². The molecule has 1 amide bonds. The summed E-state index contributed by atoms with van der Waals surface area (Å²) in [5.41, 5.74) is 2.25. The fourth-order valence-electron chi connectivity index (χ4n) is 3.84. The molecule has 0 atom stereocenters. The molecule has 1 fully saturated rings. The lowest BCUT2D eigenvalue weighted by atomic mass is 10.1. The van der Waals surface area contributed by atoms with Crippen molar-refractivity contribution in [3.05, 3.63) is 54.1 Å². The van der Waals surface area contributed by atoms with Crippen molar-refractivity contribution in [3.8, 4) is 11.5 Å². The van der Waals surface area contributed by atoms with E-state index >= 15 is 0 Å². The highest BCUT2D eigenvalue weighted by Crippen LogP contribution is 2.30. The van der Waals surface area contributed by atoms with Gasteiger partial charge in [0.25, 0.3) is 0 Å². The van der Waals surface area contributed by atoms with Crippen molar-refractivity contribution in [2.45, 2.75) is 12.8 Å². The fraction of sp³-hybridized carbons (Fsp3) is 0.435. The van der Waals surface area contributed by atoms with Crippen LogP contribution < -0.4 is 19.7 Å². The highest BCUT2D eigenvalue weighted by atomic mass is 16.6. The first-order valence-corrected chi connectivity index (χ1v) is 10.5. The maximum atomic E-state index is 12.2. The second kappa shape index (κ2) is 9.65. The highest BCUT2D eigenvalue weighted by Gasteiger charge is 2.17. The number of nitrogens with one attached hydrogen (secondary N) is 1. The number of nitrogens with zero attached hydrogens (tertiary/aromatic N) is 2. The molecule has 0 radical (unpaired) electrons. The van der Waals surface area contributed by atoms with E-state index in [1.807, 2.05) is 18.2 Å². The third kappa shape index (κ3) is 5.41. The average Bonchev–Trinajstić information content (AvgIpc) is 2.78. The number of carbonyl (C=O) groups is 1. The maximum absolute atomic E-state index is 12.2. The second-order valence-corrected chi connectivity index (χ2v) is 7.52. The zero-order valence-electron chi connectivity index (χ0n) is 16.8. The Morgan fingerprint density at radius 3 is 2.48 bits per heavy atom. The number of ether oxygens (including phenoxy) is 2. The zero-order chi connectivity index (χ0) is 19.9. The van der Waals surface area contributed by atoms with Gasteiger partial charge in [0.1, 0.15) is 13.2 Å². The van der Waals surface area contributed by atoms with Crippen LogP contribution in [0.15, 0.2) is 48.5 Å². The second-order valence-electron chi connectivity index (χ2n) is 7.52. The quantitative estimate of drug-likeness (QED) is 0.730. The highest BCUT2D eigenvalue weighted by molar-refractivity contribution is 5.78. The normalized spacial score (nSPS) is 16.5. The summed E-state index contributed by atoms with van der Waals surface area (Å²) < 4.78 is 11.1. The Bertz CT molecular complexity index is 804. The molecule has 6 heteroatoms. The molecule has 1 saturated heterocycles. The first-order chi connectivity index (χ1) is 14.3. The molecule has 29 heavy (non-hydrogen) atoms. The van der Waals surface area contributed by atoms with Gasteiger partial charge in [0.2, 0.25) is 5.91 Å². The summed E-state index contributed by atoms with van der Waals surface area (Å²) in [4.78, 5) is 17.1. The summed E-state index contributed by atoms with van der Waals surface area (Å²) in [6.45, 7) is 7.12. The lowest BCUT2D eigenvalue weighted by molar-refractivity contribution is -0.120. The Morgan fingerprint density at radius 1 is 0.931 bits per heavy atom. The van der Waals surface area contributed by atoms with Gasteiger partial charge >= 0.3 is 0 Å². The third-order valence-corrected chi connectivity index (χ3v) is 5.44. The molecule has 0 spiro atoms. The summed E-state index contributed by atoms with van der Waals surface area (Å²) in [5.74, 6) is 1.54. The minimum Gasteiger partial charge on any atom is -0.486 e. The van der Waals surface area contributed by atoms with Gasteiger partial charge in [-0.25, -0.2) is 0 Å². The number of para-hydroxylation sites is 1. The molecule has 0 aliphatic carbocycles. The molecule has 2 aliphatic rings. The number of rotatable bonds is 7. The van der Waals surface area contributed by atoms with E-state index in [1.165, 1.54) is 5.69 Å². The van der Waals surface area contributed by atoms with Gasteiger partial charge in [-0.15, -0.1) is 0 Å². The van der Waals surface area contributed by atoms with Crippen LogP contribution in [0.3, 0.4) is 0 Å². The van der Waals surface area contributed by atoms with Gasteiger partial charge in [0.15, 0.2) is 11.5 Å². The predicted molar refractivity (Wildman–Crippen MR) is 114 cm³/mol. The molecule has 0 saturated carbocycles. The maximum Gasteiger partial charge on any atom is 0.224 e. The summed E-state index contributed by atoms with van der Waals surface area (Å²) >= 11 is 0. The molecule has 4 rings (SSSR count). The molecule has 2 aromatic rings. The van der Waals surface area contributed by atoms with E-state index in [0.717, 1.165) is 56.2 Å². The molecular formula is C23H29N3O3. The zero-order valence-corrected chi connectivity index (χ0v) is 16.8. The summed E-state index contributed by atoms with van der Waals surface area (Å²) in [5, 5.41) is 3.04. The van der Waals surface area contributed by atoms with Crippen molar-refractivity contribution in [2.75, 3.05) is 57.4 Å². The molecule has 2 aliphatic heterocycles. The molecule has 0 aromatic heterocycles. The van der Waals surface area contributed by atoms with Crippen molar-refractivity contribution in [1.29, 1.82) is 0 Å². The Kier molecular flexibility index (Phi) is 6.52. The van der Waals surface area contributed by atoms with Crippen molar-refractivity contribution in [1.82, 2.24) is 10.2 Å². The number of fused-ring (bicyclic) bond motifs is 1. The van der Waals surface area contributed by atoms with Crippen molar-refractivity contribution in [3.63, 3.8) is 0 Å². The van der Waals surface area contributed by atoms with Gasteiger partial charge in [0.05, 0.1) is 6.42 Å². The Balaban J connectivity index is 1.13. The van der Waals surface area contributed by atoms with Gasteiger partial charge in [-0.05, 0) is 42.8 Å². The number of amides is 1. The lowest BCUT2D eigenvalue weighted by Crippen LogP contribution is -2.47. The van der Waals surface area contributed by atoms with E-state index in [4.69, 9.17) is 9.47 Å². The average molecular weight is 396 g/mol. The molecule has 0 unspecified atom stereocenters. The minimum absolute atomic E-state index is 0.0515. The summed E-state index contributed by atoms with van der Waals surface area (Å²) in [7, 11) is 0. The molecule has 2 heterocycles. The Hall–Kier alpha value is -2.73. The Labute approximate surface area is 172 Å². The standard InChI is InChI=1S/C23H29N3O3/c27-23(18-19-7-8-21-22(17-19)29-16-15-28-21)24-9-4-10-25-11-13-26(14-12-25)20-5-2-1-3-6-20/h1-3,5-8,17H,4,9-16,18H2,(H,24,27). The van der Waals surface area contributed by atoms with Crippen LogP contribution in [0.2, 0.25) is 0 Å². The molecule has 0 bridgehead atoms. The van der Waals surface area contributed by atoms with Crippen LogP contribution in [-0.2, 0) is 11.2 Å². The van der Waals surface area contributed by atoms with Gasteiger partial charge < -0.3 is 19.7 Å². The monoisotopic (exact) mass is 395 g/mol. The largest absolute Gasteiger partial charge is 0.486 e. The first-order valence-electron chi connectivity index (χ1n) is 10.5. The van der Waals surface area contributed by atoms with Gasteiger partial charge in [-0.2, -0.15) is 0 Å². The van der Waals surface area contributed by atoms with Gasteiger partial charge in [-0.1, -0.05) is 24.3 Å². The van der Waals surface area contributed by atoms with Crippen LogP contribution in [0.5, 0.6) is 11.5 Å². The van der Waals surface area contributed by atoms with Gasteiger partial charge in [0, 0.05) is 38.4 Å². The summed E-state index contributed by atoms with van der Waals surface area (Å²) in [6.07, 6.45) is 1.34. The van der Waals surface area contributed by atoms with E-state index < -0.39 is 0 Å². The van der Waals surface area contributed by atoms with Crippen LogP contribution in [0.25, 0.3) is 0 Å². The number of carbonyl (C=O) groups excluding carboxylic acids is 1. The molecule has 1 N–H and O–H groups in total. The van der Waals surface area contributed by atoms with E-state index in [9.17, 15) is 4.79 Å². The molecule has 154 valence electrons. The van der Waals surface area contributed by atoms with Crippen molar-refractivity contribution >= 4 is 11.6 Å². The van der Waals surface area contributed by atoms with E-state index in [2.05, 4.69) is 45.4 Å². The number of anilines is 1. The smallest absolute Gasteiger partial charge is 0.224 e. The predicted octanol–water partition coefficient (Wildman–Crippen LogP) is 2.33. The molecular weight excluding hydrogens is 366 g/mol. The number of piperazine rings is 1. The lowest BCUT2D eigenvalue weighted by Gasteiger charge is -2.36. The fourth-order valence-corrected chi connectivity index (χ4v) is 3.84. The topological polar surface area (TPSA) is 54.0 Å². The van der Waals surface area contributed by atoms with Crippen LogP contribution >= 0.6 is 0 Å². The van der Waals surface area contributed by atoms with E-state index in [0.29, 0.717) is 26.2 Å². The third-order valence-electron chi connectivity index (χ3n) is 5.44. The van der Waals surface area contributed by atoms with Crippen LogP contribution in [0, 0.1) is 0 Å². The van der Waals surface area contributed by atoms with Crippen LogP contribution in [-0.4, -0.2) is 63.3 Å². The minimum atomic E-state index is 0.0515. The SMILES string of the molecule is O=C(Cc1ccc2c(c1)OCCO2)NCCCN1CCN(c2ccccc2)CC1. The summed E-state index contributed by atoms with van der Waals surface area (Å²) in [6, 6.07) is 16.3. The van der Waals surface area contributed by atoms with E-state index in [1.54, 1.807) is 0 Å². The van der Waals surface area contributed by atoms with Crippen molar-refractivity contribution in [2.24, 2.45) is 0 Å². The molecule has 6 nitrogen and oxygen atoms in total. The van der Waals surface area contributed by atoms with Gasteiger partial charge in [-0.3, -0.25) is 9.69 Å². The van der Waals surface area contributed by atoms with Crippen molar-refractivity contribution < 1.29 is 14.3 Å². The molecule has 2 aromatic carbocycles. The van der Waals surface area contributed by atoms with E-state index in [-0.39, 0.29) is 5.91 Å². The first kappa shape index (κ1) is 19.6. The Morgan fingerprint density at radius 2 is 1.69 bits per heavy atom. The van der Waals surface area contributed by atoms with Crippen LogP contribution in [0.1, 0.15) is 12.0 Å². The number of benzene rings is 2. The number of hydrogen-bond donors (Lipinski definition) is 1.